The Labute approximate surface area is 86.8 Å². The minimum Gasteiger partial charge on any atom is -0.272 e. The van der Waals surface area contributed by atoms with E-state index in [9.17, 15) is 4.79 Å². The first-order valence-electron chi connectivity index (χ1n) is 3.33. The van der Waals surface area contributed by atoms with Crippen molar-refractivity contribution in [1.29, 1.82) is 0 Å². The van der Waals surface area contributed by atoms with Gasteiger partial charge in [0.1, 0.15) is 4.34 Å². The van der Waals surface area contributed by atoms with Crippen LogP contribution in [0.4, 0.5) is 0 Å². The molecule has 0 spiro atoms. The first-order valence-corrected chi connectivity index (χ1v) is 5.00. The second-order valence-corrected chi connectivity index (χ2v) is 4.18. The van der Waals surface area contributed by atoms with Crippen molar-refractivity contribution in [1.82, 2.24) is 14.8 Å². The number of nitrogens with zero attached hydrogens (tertiary/aromatic N) is 1. The molecule has 0 aliphatic carbocycles. The number of rotatable bonds is 1. The Morgan fingerprint density at radius 1 is 1.54 bits per heavy atom. The molecule has 0 saturated carbocycles. The highest BCUT2D eigenvalue weighted by Gasteiger charge is 2.07. The van der Waals surface area contributed by atoms with Crippen LogP contribution < -0.4 is 5.69 Å². The summed E-state index contributed by atoms with van der Waals surface area (Å²) in [5.74, 6) is 0. The summed E-state index contributed by atoms with van der Waals surface area (Å²) in [5.41, 5.74) is 0.296. The fourth-order valence-corrected chi connectivity index (χ4v) is 2.11. The van der Waals surface area contributed by atoms with Crippen LogP contribution in [0.3, 0.4) is 0 Å². The van der Waals surface area contributed by atoms with Crippen LogP contribution >= 0.6 is 35.2 Å². The largest absolute Gasteiger partial charge is 0.347 e. The van der Waals surface area contributed by atoms with Crippen molar-refractivity contribution < 1.29 is 0 Å². The maximum atomic E-state index is 11.2. The van der Waals surface area contributed by atoms with Crippen molar-refractivity contribution >= 4 is 35.2 Å². The van der Waals surface area contributed by atoms with E-state index in [1.807, 2.05) is 0 Å². The second-order valence-electron chi connectivity index (χ2n) is 2.28. The quantitative estimate of drug-likeness (QED) is 0.740. The van der Waals surface area contributed by atoms with Crippen LogP contribution in [0.1, 0.15) is 0 Å². The van der Waals surface area contributed by atoms with Crippen molar-refractivity contribution in [3.63, 3.8) is 0 Å². The second kappa shape index (κ2) is 3.13. The number of H-pyrrole nitrogens is 2. The monoisotopic (exact) mass is 233 g/mol. The number of hydrogen-bond acceptors (Lipinski definition) is 3. The van der Waals surface area contributed by atoms with Crippen LogP contribution in [0, 0.1) is 4.77 Å². The highest BCUT2D eigenvalue weighted by Crippen LogP contribution is 2.25. The van der Waals surface area contributed by atoms with Gasteiger partial charge in [-0.25, -0.2) is 14.5 Å². The van der Waals surface area contributed by atoms with E-state index in [0.717, 1.165) is 0 Å². The first-order chi connectivity index (χ1) is 6.20. The molecule has 0 atom stereocenters. The van der Waals surface area contributed by atoms with E-state index >= 15 is 0 Å². The summed E-state index contributed by atoms with van der Waals surface area (Å²) in [6.07, 6.45) is 0. The van der Waals surface area contributed by atoms with Crippen LogP contribution in [0.25, 0.3) is 5.69 Å². The van der Waals surface area contributed by atoms with Crippen LogP contribution in [0.15, 0.2) is 16.2 Å². The van der Waals surface area contributed by atoms with Gasteiger partial charge in [-0.3, -0.25) is 5.10 Å². The molecule has 4 nitrogen and oxygen atoms in total. The van der Waals surface area contributed by atoms with Crippen LogP contribution in [-0.4, -0.2) is 14.8 Å². The molecule has 0 saturated heterocycles. The molecule has 2 N–H and O–H groups in total. The van der Waals surface area contributed by atoms with E-state index in [-0.39, 0.29) is 5.69 Å². The Bertz CT molecular complexity index is 507. The number of hydrogen-bond donors (Lipinski definition) is 2. The molecule has 2 heterocycles. The fraction of sp³-hybridized carbons (Fsp3) is 0. The average molecular weight is 234 g/mol. The summed E-state index contributed by atoms with van der Waals surface area (Å²) < 4.78 is 2.17. The van der Waals surface area contributed by atoms with Crippen molar-refractivity contribution in [2.45, 2.75) is 0 Å². The predicted molar refractivity (Wildman–Crippen MR) is 54.5 cm³/mol. The molecule has 0 radical (unpaired) electrons. The zero-order valence-corrected chi connectivity index (χ0v) is 8.59. The van der Waals surface area contributed by atoms with E-state index in [1.54, 1.807) is 11.4 Å². The Morgan fingerprint density at radius 2 is 2.31 bits per heavy atom. The molecule has 0 amide bonds. The standard InChI is InChI=1S/C6H4ClN3OS2/c7-4-3(1-2-13-4)10-5(11)8-9-6(10)12/h1-2H,(H,8,11)(H,9,12). The summed E-state index contributed by atoms with van der Waals surface area (Å²) in [7, 11) is 0. The Balaban J connectivity index is 2.79. The van der Waals surface area contributed by atoms with Gasteiger partial charge in [-0.1, -0.05) is 11.6 Å². The number of thiophene rings is 1. The lowest BCUT2D eigenvalue weighted by Crippen LogP contribution is -2.14. The van der Waals surface area contributed by atoms with Gasteiger partial charge in [-0.15, -0.1) is 11.3 Å². The molecule has 0 fully saturated rings. The van der Waals surface area contributed by atoms with Crippen LogP contribution in [0.2, 0.25) is 4.34 Å². The topological polar surface area (TPSA) is 53.6 Å². The lowest BCUT2D eigenvalue weighted by atomic mass is 10.5. The minimum absolute atomic E-state index is 0.310. The van der Waals surface area contributed by atoms with Crippen molar-refractivity contribution in [2.24, 2.45) is 0 Å². The zero-order chi connectivity index (χ0) is 9.42. The molecule has 68 valence electrons. The first kappa shape index (κ1) is 8.74. The van der Waals surface area contributed by atoms with Gasteiger partial charge in [-0.05, 0) is 23.7 Å². The molecule has 0 unspecified atom stereocenters. The third kappa shape index (κ3) is 1.37. The Hall–Kier alpha value is -0.850. The third-order valence-corrected chi connectivity index (χ3v) is 2.96. The lowest BCUT2D eigenvalue weighted by molar-refractivity contribution is 0.981. The normalized spacial score (nSPS) is 10.5. The average Bonchev–Trinajstić information content (AvgIpc) is 2.60. The number of nitrogens with one attached hydrogen (secondary N) is 2. The van der Waals surface area contributed by atoms with Crippen molar-refractivity contribution in [3.05, 3.63) is 31.0 Å². The minimum atomic E-state index is -0.315. The van der Waals surface area contributed by atoms with Gasteiger partial charge < -0.3 is 0 Å². The smallest absolute Gasteiger partial charge is 0.272 e. The predicted octanol–water partition coefficient (Wildman–Crippen LogP) is 1.94. The molecule has 0 aliphatic rings. The van der Waals surface area contributed by atoms with E-state index in [0.29, 0.717) is 14.8 Å². The molecular formula is C6H4ClN3OS2. The molecule has 0 bridgehead atoms. The van der Waals surface area contributed by atoms with Crippen LogP contribution in [-0.2, 0) is 0 Å². The van der Waals surface area contributed by atoms with Crippen LogP contribution in [0.5, 0.6) is 0 Å². The molecule has 2 aromatic rings. The van der Waals surface area contributed by atoms with Gasteiger partial charge in [0.15, 0.2) is 0 Å². The maximum Gasteiger partial charge on any atom is 0.347 e. The molecule has 0 aliphatic heterocycles. The van der Waals surface area contributed by atoms with E-state index < -0.39 is 0 Å². The fourth-order valence-electron chi connectivity index (χ4n) is 0.976. The number of halogens is 1. The van der Waals surface area contributed by atoms with E-state index in [4.69, 9.17) is 23.8 Å². The molecule has 13 heavy (non-hydrogen) atoms. The number of aromatic nitrogens is 3. The lowest BCUT2D eigenvalue weighted by Gasteiger charge is -1.94. The van der Waals surface area contributed by atoms with Gasteiger partial charge >= 0.3 is 5.69 Å². The maximum absolute atomic E-state index is 11.2. The summed E-state index contributed by atoms with van der Waals surface area (Å²) in [4.78, 5) is 11.2. The van der Waals surface area contributed by atoms with E-state index in [1.165, 1.54) is 15.9 Å². The molecular weight excluding hydrogens is 230 g/mol. The van der Waals surface area contributed by atoms with Gasteiger partial charge in [-0.2, -0.15) is 0 Å². The van der Waals surface area contributed by atoms with Gasteiger partial charge in [0, 0.05) is 0 Å². The molecule has 2 rings (SSSR count). The highest BCUT2D eigenvalue weighted by molar-refractivity contribution is 7.71. The third-order valence-electron chi connectivity index (χ3n) is 1.52. The van der Waals surface area contributed by atoms with Crippen molar-refractivity contribution in [2.75, 3.05) is 0 Å². The zero-order valence-electron chi connectivity index (χ0n) is 6.20. The van der Waals surface area contributed by atoms with Gasteiger partial charge in [0.05, 0.1) is 5.69 Å². The Morgan fingerprint density at radius 3 is 2.77 bits per heavy atom. The van der Waals surface area contributed by atoms with Crippen molar-refractivity contribution in [3.8, 4) is 5.69 Å². The highest BCUT2D eigenvalue weighted by atomic mass is 35.5. The SMILES string of the molecule is O=c1[nH][nH]c(=S)n1-c1ccsc1Cl. The summed E-state index contributed by atoms with van der Waals surface area (Å²) >= 11 is 12.1. The molecule has 7 heteroatoms. The number of aromatic amines is 2. The van der Waals surface area contributed by atoms with Gasteiger partial charge in [0.2, 0.25) is 4.77 Å². The van der Waals surface area contributed by atoms with E-state index in [2.05, 4.69) is 10.2 Å². The van der Waals surface area contributed by atoms with Gasteiger partial charge in [0.25, 0.3) is 0 Å². The molecule has 0 aromatic carbocycles. The summed E-state index contributed by atoms with van der Waals surface area (Å²) in [6, 6.07) is 1.74. The Kier molecular flexibility index (Phi) is 2.10. The molecule has 2 aromatic heterocycles. The summed E-state index contributed by atoms with van der Waals surface area (Å²) in [5, 5.41) is 6.71. The summed E-state index contributed by atoms with van der Waals surface area (Å²) in [6.45, 7) is 0.